The smallest absolute Gasteiger partial charge is 0.0630 e. The van der Waals surface area contributed by atoms with Gasteiger partial charge in [-0.15, -0.1) is 0 Å². The van der Waals surface area contributed by atoms with Crippen LogP contribution in [0.2, 0.25) is 0 Å². The molecule has 0 aromatic heterocycles. The summed E-state index contributed by atoms with van der Waals surface area (Å²) >= 11 is 0. The number of hydrogen-bond acceptors (Lipinski definition) is 2. The summed E-state index contributed by atoms with van der Waals surface area (Å²) in [4.78, 5) is 0. The van der Waals surface area contributed by atoms with Gasteiger partial charge in [0.2, 0.25) is 0 Å². The Balaban J connectivity index is 1.89. The van der Waals surface area contributed by atoms with Crippen LogP contribution < -0.4 is 5.32 Å². The SMILES string of the molecule is CNCCC1C2CCCCC2C2C(C)CC(C)C(OC)C12. The van der Waals surface area contributed by atoms with Crippen LogP contribution in [-0.4, -0.2) is 26.8 Å². The van der Waals surface area contributed by atoms with Gasteiger partial charge in [-0.3, -0.25) is 0 Å². The van der Waals surface area contributed by atoms with Crippen molar-refractivity contribution in [1.29, 1.82) is 0 Å². The maximum absolute atomic E-state index is 6.06. The molecule has 1 N–H and O–H groups in total. The molecule has 21 heavy (non-hydrogen) atoms. The first-order chi connectivity index (χ1) is 10.2. The van der Waals surface area contributed by atoms with Crippen LogP contribution in [0.25, 0.3) is 0 Å². The molecule has 0 amide bonds. The highest BCUT2D eigenvalue weighted by molar-refractivity contribution is 5.05. The zero-order chi connectivity index (χ0) is 15.0. The summed E-state index contributed by atoms with van der Waals surface area (Å²) in [6.07, 6.45) is 9.18. The van der Waals surface area contributed by atoms with E-state index in [-0.39, 0.29) is 0 Å². The van der Waals surface area contributed by atoms with E-state index in [0.717, 1.165) is 41.4 Å². The quantitative estimate of drug-likeness (QED) is 0.847. The molecule has 0 spiro atoms. The Hall–Kier alpha value is -0.0800. The van der Waals surface area contributed by atoms with Gasteiger partial charge >= 0.3 is 0 Å². The Morgan fingerprint density at radius 2 is 1.71 bits per heavy atom. The molecule has 0 bridgehead atoms. The van der Waals surface area contributed by atoms with E-state index in [1.807, 2.05) is 7.11 Å². The molecule has 122 valence electrons. The highest BCUT2D eigenvalue weighted by atomic mass is 16.5. The average Bonchev–Trinajstić information content (AvgIpc) is 2.80. The van der Waals surface area contributed by atoms with Crippen LogP contribution in [0.1, 0.15) is 52.4 Å². The summed E-state index contributed by atoms with van der Waals surface area (Å²) in [6, 6.07) is 0. The zero-order valence-corrected chi connectivity index (χ0v) is 14.5. The van der Waals surface area contributed by atoms with E-state index in [9.17, 15) is 0 Å². The Kier molecular flexibility index (Phi) is 4.95. The molecule has 0 aliphatic heterocycles. The molecule has 0 aromatic carbocycles. The van der Waals surface area contributed by atoms with Gasteiger partial charge in [-0.2, -0.15) is 0 Å². The summed E-state index contributed by atoms with van der Waals surface area (Å²) in [5.41, 5.74) is 0. The Labute approximate surface area is 131 Å². The van der Waals surface area contributed by atoms with E-state index in [1.165, 1.54) is 45.1 Å². The number of nitrogens with one attached hydrogen (secondary N) is 1. The molecule has 0 aromatic rings. The Bertz CT molecular complexity index is 344. The van der Waals surface area contributed by atoms with E-state index in [4.69, 9.17) is 4.74 Å². The summed E-state index contributed by atoms with van der Waals surface area (Å²) < 4.78 is 6.06. The van der Waals surface area contributed by atoms with Gasteiger partial charge in [0.15, 0.2) is 0 Å². The lowest BCUT2D eigenvalue weighted by Gasteiger charge is -2.45. The van der Waals surface area contributed by atoms with Crippen LogP contribution in [-0.2, 0) is 4.74 Å². The van der Waals surface area contributed by atoms with Crippen molar-refractivity contribution in [2.75, 3.05) is 20.7 Å². The molecular formula is C19H35NO. The van der Waals surface area contributed by atoms with Crippen molar-refractivity contribution in [3.05, 3.63) is 0 Å². The van der Waals surface area contributed by atoms with E-state index >= 15 is 0 Å². The second-order valence-corrected chi connectivity index (χ2v) is 8.21. The lowest BCUT2D eigenvalue weighted by Crippen LogP contribution is -2.44. The Morgan fingerprint density at radius 3 is 2.38 bits per heavy atom. The average molecular weight is 293 g/mol. The third-order valence-electron chi connectivity index (χ3n) is 7.20. The van der Waals surface area contributed by atoms with Crippen molar-refractivity contribution in [3.63, 3.8) is 0 Å². The fourth-order valence-corrected chi connectivity index (χ4v) is 6.68. The minimum Gasteiger partial charge on any atom is -0.381 e. The number of rotatable bonds is 4. The fraction of sp³-hybridized carbons (Fsp3) is 1.00. The van der Waals surface area contributed by atoms with Crippen LogP contribution in [0.3, 0.4) is 0 Å². The lowest BCUT2D eigenvalue weighted by atomic mass is 9.64. The second-order valence-electron chi connectivity index (χ2n) is 8.21. The minimum absolute atomic E-state index is 0.513. The normalized spacial score (nSPS) is 49.7. The third-order valence-corrected chi connectivity index (χ3v) is 7.20. The molecule has 3 fully saturated rings. The molecule has 3 saturated carbocycles. The first-order valence-electron chi connectivity index (χ1n) is 9.36. The predicted molar refractivity (Wildman–Crippen MR) is 88.2 cm³/mol. The molecule has 2 heteroatoms. The first-order valence-corrected chi connectivity index (χ1v) is 9.36. The van der Waals surface area contributed by atoms with Gasteiger partial charge in [-0.25, -0.2) is 0 Å². The van der Waals surface area contributed by atoms with Crippen molar-refractivity contribution in [1.82, 2.24) is 5.32 Å². The van der Waals surface area contributed by atoms with Gasteiger partial charge in [-0.1, -0.05) is 26.7 Å². The van der Waals surface area contributed by atoms with Crippen molar-refractivity contribution in [2.45, 2.75) is 58.5 Å². The molecule has 8 unspecified atom stereocenters. The largest absolute Gasteiger partial charge is 0.381 e. The molecule has 0 saturated heterocycles. The summed E-state index contributed by atoms with van der Waals surface area (Å²) in [6.45, 7) is 6.14. The molecule has 3 aliphatic carbocycles. The summed E-state index contributed by atoms with van der Waals surface area (Å²) in [7, 11) is 4.07. The predicted octanol–water partition coefficient (Wildman–Crippen LogP) is 3.96. The maximum Gasteiger partial charge on any atom is 0.0630 e. The van der Waals surface area contributed by atoms with E-state index in [0.29, 0.717) is 6.10 Å². The van der Waals surface area contributed by atoms with Gasteiger partial charge < -0.3 is 10.1 Å². The van der Waals surface area contributed by atoms with Gasteiger partial charge in [0, 0.05) is 7.11 Å². The molecule has 8 atom stereocenters. The summed E-state index contributed by atoms with van der Waals surface area (Å²) in [5, 5.41) is 3.40. The monoisotopic (exact) mass is 293 g/mol. The first kappa shape index (κ1) is 15.8. The standard InChI is InChI=1S/C19H35NO/c1-12-11-13(2)19(21-4)18-16(9-10-20-3)14-7-5-6-8-15(14)17(12)18/h12-20H,5-11H2,1-4H3. The molecular weight excluding hydrogens is 258 g/mol. The number of fused-ring (bicyclic) bond motifs is 3. The molecule has 0 heterocycles. The van der Waals surface area contributed by atoms with E-state index in [2.05, 4.69) is 26.2 Å². The lowest BCUT2D eigenvalue weighted by molar-refractivity contribution is -0.0698. The third kappa shape index (κ3) is 2.67. The fourth-order valence-electron chi connectivity index (χ4n) is 6.68. The van der Waals surface area contributed by atoms with Gasteiger partial charge in [0.1, 0.15) is 0 Å². The van der Waals surface area contributed by atoms with Crippen molar-refractivity contribution < 1.29 is 4.74 Å². The summed E-state index contributed by atoms with van der Waals surface area (Å²) in [5.74, 6) is 6.32. The number of hydrogen-bond donors (Lipinski definition) is 1. The van der Waals surface area contributed by atoms with E-state index < -0.39 is 0 Å². The topological polar surface area (TPSA) is 21.3 Å². The number of ether oxygens (including phenoxy) is 1. The van der Waals surface area contributed by atoms with Crippen LogP contribution in [0.4, 0.5) is 0 Å². The zero-order valence-electron chi connectivity index (χ0n) is 14.5. The highest BCUT2D eigenvalue weighted by Crippen LogP contribution is 2.60. The van der Waals surface area contributed by atoms with Gasteiger partial charge in [0.25, 0.3) is 0 Å². The molecule has 2 nitrogen and oxygen atoms in total. The van der Waals surface area contributed by atoms with Crippen LogP contribution in [0.5, 0.6) is 0 Å². The van der Waals surface area contributed by atoms with E-state index in [1.54, 1.807) is 0 Å². The van der Waals surface area contributed by atoms with Crippen LogP contribution >= 0.6 is 0 Å². The van der Waals surface area contributed by atoms with Crippen molar-refractivity contribution >= 4 is 0 Å². The van der Waals surface area contributed by atoms with Gasteiger partial charge in [0.05, 0.1) is 6.10 Å². The number of methoxy groups -OCH3 is 1. The van der Waals surface area contributed by atoms with Crippen LogP contribution in [0, 0.1) is 41.4 Å². The minimum atomic E-state index is 0.513. The Morgan fingerprint density at radius 1 is 1.00 bits per heavy atom. The molecule has 0 radical (unpaired) electrons. The highest BCUT2D eigenvalue weighted by Gasteiger charge is 2.57. The second kappa shape index (κ2) is 6.58. The van der Waals surface area contributed by atoms with Gasteiger partial charge in [-0.05, 0) is 80.7 Å². The molecule has 3 rings (SSSR count). The van der Waals surface area contributed by atoms with Crippen molar-refractivity contribution in [2.24, 2.45) is 41.4 Å². The van der Waals surface area contributed by atoms with Crippen molar-refractivity contribution in [3.8, 4) is 0 Å². The maximum atomic E-state index is 6.06. The van der Waals surface area contributed by atoms with Crippen LogP contribution in [0.15, 0.2) is 0 Å². The molecule has 3 aliphatic rings.